The third-order valence-electron chi connectivity index (χ3n) is 3.69. The Bertz CT molecular complexity index is 785. The molecule has 0 amide bonds. The first-order valence-corrected chi connectivity index (χ1v) is 8.11. The monoisotopic (exact) mass is 287 g/mol. The second-order valence-electron chi connectivity index (χ2n) is 4.94. The highest BCUT2D eigenvalue weighted by Crippen LogP contribution is 2.39. The minimum atomic E-state index is 0.644. The predicted octanol–water partition coefficient (Wildman–Crippen LogP) is 3.80. The molecule has 96 valence electrons. The van der Waals surface area contributed by atoms with Crippen LogP contribution < -0.4 is 5.73 Å². The van der Waals surface area contributed by atoms with Crippen LogP contribution in [0.4, 0.5) is 5.82 Å². The van der Waals surface area contributed by atoms with E-state index in [2.05, 4.69) is 22.7 Å². The van der Waals surface area contributed by atoms with E-state index in [-0.39, 0.29) is 0 Å². The number of fused-ring (bicyclic) bond motifs is 3. The van der Waals surface area contributed by atoms with Crippen LogP contribution in [0.2, 0.25) is 0 Å². The van der Waals surface area contributed by atoms with E-state index in [4.69, 9.17) is 10.7 Å². The summed E-state index contributed by atoms with van der Waals surface area (Å²) in [6, 6.07) is 0. The molecule has 0 unspecified atom stereocenters. The van der Waals surface area contributed by atoms with Gasteiger partial charge < -0.3 is 5.73 Å². The molecule has 0 saturated carbocycles. The maximum atomic E-state index is 6.19. The van der Waals surface area contributed by atoms with Crippen molar-refractivity contribution in [1.82, 2.24) is 9.97 Å². The number of hydrogen-bond donors (Lipinski definition) is 1. The van der Waals surface area contributed by atoms with Crippen LogP contribution in [0.3, 0.4) is 0 Å². The van der Waals surface area contributed by atoms with Crippen molar-refractivity contribution in [2.24, 2.45) is 0 Å². The highest BCUT2D eigenvalue weighted by Gasteiger charge is 2.21. The van der Waals surface area contributed by atoms with Gasteiger partial charge in [0.25, 0.3) is 0 Å². The predicted molar refractivity (Wildman–Crippen MR) is 81.9 cm³/mol. The minimum absolute atomic E-state index is 0.644. The van der Waals surface area contributed by atoms with E-state index < -0.39 is 0 Å². The number of thiophene rings is 2. The van der Waals surface area contributed by atoms with E-state index in [1.807, 2.05) is 0 Å². The van der Waals surface area contributed by atoms with Gasteiger partial charge in [0.2, 0.25) is 0 Å². The molecule has 0 atom stereocenters. The topological polar surface area (TPSA) is 51.8 Å². The SMILES string of the molecule is Cc1cscc1-c1nc(N)c2c3c(sc2n1)CCC3. The molecule has 1 aliphatic carbocycles. The van der Waals surface area contributed by atoms with Gasteiger partial charge in [0, 0.05) is 15.8 Å². The van der Waals surface area contributed by atoms with Gasteiger partial charge in [0.05, 0.1) is 5.39 Å². The van der Waals surface area contributed by atoms with Crippen molar-refractivity contribution in [1.29, 1.82) is 0 Å². The minimum Gasteiger partial charge on any atom is -0.383 e. The summed E-state index contributed by atoms with van der Waals surface area (Å²) in [5.74, 6) is 1.41. The molecule has 1 aliphatic rings. The van der Waals surface area contributed by atoms with E-state index >= 15 is 0 Å². The Morgan fingerprint density at radius 3 is 2.89 bits per heavy atom. The molecule has 3 heterocycles. The van der Waals surface area contributed by atoms with Crippen LogP contribution >= 0.6 is 22.7 Å². The molecule has 3 aromatic heterocycles. The lowest BCUT2D eigenvalue weighted by Crippen LogP contribution is -1.97. The first-order chi connectivity index (χ1) is 9.24. The van der Waals surface area contributed by atoms with Crippen LogP contribution in [0.15, 0.2) is 10.8 Å². The zero-order valence-electron chi connectivity index (χ0n) is 10.6. The lowest BCUT2D eigenvalue weighted by atomic mass is 10.1. The number of rotatable bonds is 1. The van der Waals surface area contributed by atoms with E-state index in [0.717, 1.165) is 28.0 Å². The molecule has 4 rings (SSSR count). The lowest BCUT2D eigenvalue weighted by molar-refractivity contribution is 0.917. The molecule has 0 aliphatic heterocycles. The molecule has 19 heavy (non-hydrogen) atoms. The molecule has 3 aromatic rings. The fourth-order valence-corrected chi connectivity index (χ4v) is 4.83. The van der Waals surface area contributed by atoms with Crippen LogP contribution in [0.25, 0.3) is 21.6 Å². The molecular formula is C14H13N3S2. The Kier molecular flexibility index (Phi) is 2.40. The average molecular weight is 287 g/mol. The van der Waals surface area contributed by atoms with Gasteiger partial charge in [-0.3, -0.25) is 0 Å². The van der Waals surface area contributed by atoms with Gasteiger partial charge in [0.15, 0.2) is 5.82 Å². The maximum Gasteiger partial charge on any atom is 0.164 e. The first kappa shape index (κ1) is 11.4. The van der Waals surface area contributed by atoms with Crippen LogP contribution in [0, 0.1) is 6.92 Å². The lowest BCUT2D eigenvalue weighted by Gasteiger charge is -2.03. The van der Waals surface area contributed by atoms with Crippen molar-refractivity contribution < 1.29 is 0 Å². The number of aromatic nitrogens is 2. The Hall–Kier alpha value is -1.46. The molecular weight excluding hydrogens is 274 g/mol. The molecule has 2 N–H and O–H groups in total. The van der Waals surface area contributed by atoms with E-state index in [9.17, 15) is 0 Å². The summed E-state index contributed by atoms with van der Waals surface area (Å²) in [6.45, 7) is 2.09. The third-order valence-corrected chi connectivity index (χ3v) is 5.74. The molecule has 0 bridgehead atoms. The number of nitrogens with zero attached hydrogens (tertiary/aromatic N) is 2. The van der Waals surface area contributed by atoms with Crippen LogP contribution in [0.5, 0.6) is 0 Å². The van der Waals surface area contributed by atoms with Crippen molar-refractivity contribution >= 4 is 38.7 Å². The molecule has 0 radical (unpaired) electrons. The summed E-state index contributed by atoms with van der Waals surface area (Å²) in [4.78, 5) is 11.8. The summed E-state index contributed by atoms with van der Waals surface area (Å²) in [6.07, 6.45) is 3.53. The largest absolute Gasteiger partial charge is 0.383 e. The fourth-order valence-electron chi connectivity index (χ4n) is 2.73. The van der Waals surface area contributed by atoms with Crippen LogP contribution in [0.1, 0.15) is 22.4 Å². The molecule has 3 nitrogen and oxygen atoms in total. The van der Waals surface area contributed by atoms with Gasteiger partial charge in [-0.05, 0) is 42.7 Å². The number of nitrogens with two attached hydrogens (primary N) is 1. The highest BCUT2D eigenvalue weighted by molar-refractivity contribution is 7.19. The van der Waals surface area contributed by atoms with E-state index in [0.29, 0.717) is 5.82 Å². The Morgan fingerprint density at radius 2 is 2.11 bits per heavy atom. The van der Waals surface area contributed by atoms with Crippen molar-refractivity contribution in [3.8, 4) is 11.4 Å². The van der Waals surface area contributed by atoms with Crippen molar-refractivity contribution in [3.63, 3.8) is 0 Å². The average Bonchev–Trinajstić information content (AvgIpc) is 3.02. The smallest absolute Gasteiger partial charge is 0.164 e. The molecule has 0 fully saturated rings. The maximum absolute atomic E-state index is 6.19. The highest BCUT2D eigenvalue weighted by atomic mass is 32.1. The number of anilines is 1. The molecule has 0 aromatic carbocycles. The molecule has 0 saturated heterocycles. The van der Waals surface area contributed by atoms with Gasteiger partial charge in [-0.25, -0.2) is 9.97 Å². The second kappa shape index (κ2) is 4.02. The summed E-state index contributed by atoms with van der Waals surface area (Å²) in [5.41, 5.74) is 9.90. The normalized spacial score (nSPS) is 14.2. The van der Waals surface area contributed by atoms with E-state index in [1.165, 1.54) is 28.8 Å². The number of nitrogen functional groups attached to an aromatic ring is 1. The standard InChI is InChI=1S/C14H13N3S2/c1-7-5-18-6-9(7)13-16-12(15)11-8-3-2-4-10(8)19-14(11)17-13/h5-6H,2-4H2,1H3,(H2,15,16,17). The van der Waals surface area contributed by atoms with Gasteiger partial charge in [0.1, 0.15) is 10.6 Å². The number of hydrogen-bond acceptors (Lipinski definition) is 5. The zero-order chi connectivity index (χ0) is 13.0. The third kappa shape index (κ3) is 1.61. The van der Waals surface area contributed by atoms with E-state index in [1.54, 1.807) is 22.7 Å². The Labute approximate surface area is 119 Å². The second-order valence-corrected chi connectivity index (χ2v) is 6.77. The number of aryl methyl sites for hydroxylation is 3. The van der Waals surface area contributed by atoms with Gasteiger partial charge in [-0.1, -0.05) is 0 Å². The van der Waals surface area contributed by atoms with Gasteiger partial charge >= 0.3 is 0 Å². The zero-order valence-corrected chi connectivity index (χ0v) is 12.2. The Morgan fingerprint density at radius 1 is 1.21 bits per heavy atom. The van der Waals surface area contributed by atoms with Gasteiger partial charge in [-0.2, -0.15) is 11.3 Å². The van der Waals surface area contributed by atoms with Crippen molar-refractivity contribution in [3.05, 3.63) is 26.8 Å². The summed E-state index contributed by atoms with van der Waals surface area (Å²) in [5, 5.41) is 5.32. The summed E-state index contributed by atoms with van der Waals surface area (Å²) < 4.78 is 0. The van der Waals surface area contributed by atoms with Crippen LogP contribution in [-0.2, 0) is 12.8 Å². The first-order valence-electron chi connectivity index (χ1n) is 6.35. The van der Waals surface area contributed by atoms with Crippen LogP contribution in [-0.4, -0.2) is 9.97 Å². The van der Waals surface area contributed by atoms with Crippen molar-refractivity contribution in [2.45, 2.75) is 26.2 Å². The summed E-state index contributed by atoms with van der Waals surface area (Å²) in [7, 11) is 0. The Balaban J connectivity index is 1.99. The summed E-state index contributed by atoms with van der Waals surface area (Å²) >= 11 is 3.47. The fraction of sp³-hybridized carbons (Fsp3) is 0.286. The quantitative estimate of drug-likeness (QED) is 0.740. The van der Waals surface area contributed by atoms with Crippen molar-refractivity contribution in [2.75, 3.05) is 5.73 Å². The molecule has 5 heteroatoms. The van der Waals surface area contributed by atoms with Gasteiger partial charge in [-0.15, -0.1) is 11.3 Å². The molecule has 0 spiro atoms.